The molecular weight excluding hydrogens is 391 g/mol. The fraction of sp³-hybridized carbons (Fsp3) is 0.636. The van der Waals surface area contributed by atoms with Crippen LogP contribution in [0.4, 0.5) is 4.39 Å². The summed E-state index contributed by atoms with van der Waals surface area (Å²) in [5.74, 6) is 1.39. The molecule has 4 rings (SSSR count). The second-order valence-corrected chi connectivity index (χ2v) is 8.71. The molecule has 1 aliphatic carbocycles. The van der Waals surface area contributed by atoms with E-state index in [4.69, 9.17) is 9.47 Å². The molecule has 1 saturated heterocycles. The molecular formula is C22H31FN2O3S. The number of nitrogens with zero attached hydrogens (tertiary/aromatic N) is 1. The molecule has 2 fully saturated rings. The van der Waals surface area contributed by atoms with Crippen LogP contribution in [-0.4, -0.2) is 35.0 Å². The largest absolute Gasteiger partial charge is 0.493 e. The number of nitrogens with one attached hydrogen (secondary N) is 1. The van der Waals surface area contributed by atoms with Crippen molar-refractivity contribution >= 4 is 22.7 Å². The van der Waals surface area contributed by atoms with Crippen molar-refractivity contribution in [1.82, 2.24) is 9.97 Å². The van der Waals surface area contributed by atoms with Crippen LogP contribution in [0.25, 0.3) is 10.9 Å². The van der Waals surface area contributed by atoms with Gasteiger partial charge in [0, 0.05) is 29.9 Å². The number of aromatic nitrogens is 2. The van der Waals surface area contributed by atoms with Crippen LogP contribution in [0, 0.1) is 11.7 Å². The van der Waals surface area contributed by atoms with E-state index in [-0.39, 0.29) is 5.39 Å². The number of hydrogen-bond acceptors (Lipinski definition) is 5. The summed E-state index contributed by atoms with van der Waals surface area (Å²) in [6.45, 7) is 5.91. The summed E-state index contributed by atoms with van der Waals surface area (Å²) in [4.78, 5) is 19.6. The monoisotopic (exact) mass is 422 g/mol. The summed E-state index contributed by atoms with van der Waals surface area (Å²) in [5.41, 5.74) is -0.0665. The minimum Gasteiger partial charge on any atom is -0.493 e. The van der Waals surface area contributed by atoms with Crippen LogP contribution in [0.2, 0.25) is 0 Å². The lowest BCUT2D eigenvalue weighted by molar-refractivity contribution is 0.167. The maximum atomic E-state index is 14.4. The third-order valence-electron chi connectivity index (χ3n) is 5.30. The van der Waals surface area contributed by atoms with E-state index in [1.165, 1.54) is 38.2 Å². The first-order valence-electron chi connectivity index (χ1n) is 10.7. The van der Waals surface area contributed by atoms with Gasteiger partial charge in [-0.2, -0.15) is 11.8 Å². The molecule has 2 aromatic rings. The zero-order valence-corrected chi connectivity index (χ0v) is 18.2. The molecule has 1 atom stereocenters. The quantitative estimate of drug-likeness (QED) is 0.704. The smallest absolute Gasteiger partial charge is 0.261 e. The van der Waals surface area contributed by atoms with Crippen LogP contribution in [0.5, 0.6) is 5.75 Å². The normalized spacial score (nSPS) is 19.8. The summed E-state index contributed by atoms with van der Waals surface area (Å²) in [6.07, 6.45) is 7.27. The molecule has 1 aromatic heterocycles. The fourth-order valence-corrected chi connectivity index (χ4v) is 4.95. The van der Waals surface area contributed by atoms with E-state index >= 15 is 0 Å². The molecule has 0 bridgehead atoms. The summed E-state index contributed by atoms with van der Waals surface area (Å²) >= 11 is 1.83. The Morgan fingerprint density at radius 2 is 2.03 bits per heavy atom. The molecule has 0 amide bonds. The molecule has 29 heavy (non-hydrogen) atoms. The number of aromatic amines is 1. The van der Waals surface area contributed by atoms with Crippen LogP contribution in [0.1, 0.15) is 58.2 Å². The first-order valence-corrected chi connectivity index (χ1v) is 11.8. The van der Waals surface area contributed by atoms with Crippen molar-refractivity contribution in [2.75, 3.05) is 19.8 Å². The Bertz CT molecular complexity index is 846. The maximum Gasteiger partial charge on any atom is 0.261 e. The van der Waals surface area contributed by atoms with Gasteiger partial charge in [-0.15, -0.1) is 0 Å². The number of ether oxygens (including phenoxy) is 2. The van der Waals surface area contributed by atoms with Gasteiger partial charge in [0.15, 0.2) is 0 Å². The van der Waals surface area contributed by atoms with Gasteiger partial charge in [0.25, 0.3) is 5.56 Å². The average molecular weight is 423 g/mol. The van der Waals surface area contributed by atoms with E-state index < -0.39 is 11.4 Å². The lowest BCUT2D eigenvalue weighted by Crippen LogP contribution is -2.15. The van der Waals surface area contributed by atoms with Gasteiger partial charge in [-0.1, -0.05) is 33.1 Å². The number of rotatable bonds is 6. The number of benzene rings is 1. The molecule has 0 spiro atoms. The molecule has 1 N–H and O–H groups in total. The summed E-state index contributed by atoms with van der Waals surface area (Å²) in [6, 6.07) is 2.93. The average Bonchev–Trinajstić information content (AvgIpc) is 3.26. The maximum absolute atomic E-state index is 14.4. The minimum atomic E-state index is -0.592. The van der Waals surface area contributed by atoms with Crippen LogP contribution in [0.3, 0.4) is 0 Å². The third kappa shape index (κ3) is 5.95. The summed E-state index contributed by atoms with van der Waals surface area (Å²) in [7, 11) is 0. The van der Waals surface area contributed by atoms with E-state index in [1.807, 2.05) is 25.6 Å². The second kappa shape index (κ2) is 11.0. The van der Waals surface area contributed by atoms with Crippen LogP contribution in [0.15, 0.2) is 16.9 Å². The molecule has 1 aliphatic heterocycles. The van der Waals surface area contributed by atoms with Gasteiger partial charge in [-0.3, -0.25) is 4.79 Å². The van der Waals surface area contributed by atoms with Crippen molar-refractivity contribution in [3.05, 3.63) is 34.1 Å². The predicted molar refractivity (Wildman–Crippen MR) is 116 cm³/mol. The van der Waals surface area contributed by atoms with E-state index in [0.717, 1.165) is 13.0 Å². The number of H-pyrrole nitrogens is 1. The first kappa shape index (κ1) is 22.1. The van der Waals surface area contributed by atoms with Crippen LogP contribution < -0.4 is 10.3 Å². The number of hydrogen-bond donors (Lipinski definition) is 1. The van der Waals surface area contributed by atoms with Crippen molar-refractivity contribution in [2.24, 2.45) is 5.92 Å². The van der Waals surface area contributed by atoms with Crippen molar-refractivity contribution in [3.8, 4) is 5.75 Å². The third-order valence-corrected chi connectivity index (χ3v) is 6.68. The Morgan fingerprint density at radius 3 is 2.76 bits per heavy atom. The standard InChI is InChI=1S/C20H25FN2O3S.C2H6/c21-16-8-14(26-11-13-6-7-25-10-13)9-17-19(16)20(24)23-18(22-17)12-27-15-4-2-1-3-5-15;1-2/h8-9,13,15H,1-7,10-12H2,(H,22,23,24);1-2H3. The predicted octanol–water partition coefficient (Wildman–Crippen LogP) is 5.07. The molecule has 0 radical (unpaired) electrons. The lowest BCUT2D eigenvalue weighted by atomic mass is 10.0. The van der Waals surface area contributed by atoms with E-state index in [0.29, 0.717) is 47.2 Å². The Hall–Kier alpha value is -1.60. The highest BCUT2D eigenvalue weighted by Gasteiger charge is 2.18. The van der Waals surface area contributed by atoms with E-state index in [2.05, 4.69) is 9.97 Å². The number of thioether (sulfide) groups is 1. The van der Waals surface area contributed by atoms with Gasteiger partial charge in [-0.05, 0) is 19.3 Å². The highest BCUT2D eigenvalue weighted by molar-refractivity contribution is 7.99. The minimum absolute atomic E-state index is 0.00188. The molecule has 1 unspecified atom stereocenters. The molecule has 160 valence electrons. The summed E-state index contributed by atoms with van der Waals surface area (Å²) < 4.78 is 25.5. The molecule has 2 aliphatic rings. The lowest BCUT2D eigenvalue weighted by Gasteiger charge is -2.20. The zero-order valence-electron chi connectivity index (χ0n) is 17.3. The van der Waals surface area contributed by atoms with E-state index in [9.17, 15) is 9.18 Å². The van der Waals surface area contributed by atoms with Gasteiger partial charge >= 0.3 is 0 Å². The van der Waals surface area contributed by atoms with Crippen LogP contribution >= 0.6 is 11.8 Å². The van der Waals surface area contributed by atoms with Crippen molar-refractivity contribution < 1.29 is 13.9 Å². The molecule has 1 saturated carbocycles. The molecule has 7 heteroatoms. The zero-order chi connectivity index (χ0) is 20.6. The van der Waals surface area contributed by atoms with Gasteiger partial charge < -0.3 is 14.5 Å². The van der Waals surface area contributed by atoms with Crippen LogP contribution in [-0.2, 0) is 10.5 Å². The van der Waals surface area contributed by atoms with Crippen molar-refractivity contribution in [2.45, 2.75) is 63.4 Å². The summed E-state index contributed by atoms with van der Waals surface area (Å²) in [5, 5.41) is 0.623. The van der Waals surface area contributed by atoms with Gasteiger partial charge in [0.05, 0.1) is 24.5 Å². The Balaban J connectivity index is 0.00000117. The van der Waals surface area contributed by atoms with Gasteiger partial charge in [0.2, 0.25) is 0 Å². The Kier molecular flexibility index (Phi) is 8.36. The second-order valence-electron chi connectivity index (χ2n) is 7.42. The van der Waals surface area contributed by atoms with E-state index in [1.54, 1.807) is 6.07 Å². The van der Waals surface area contributed by atoms with Gasteiger partial charge in [-0.25, -0.2) is 9.37 Å². The fourth-order valence-electron chi connectivity index (χ4n) is 3.76. The number of halogens is 1. The first-order chi connectivity index (χ1) is 14.2. The Morgan fingerprint density at radius 1 is 1.24 bits per heavy atom. The SMILES string of the molecule is CC.O=c1[nH]c(CSC2CCCCC2)nc2cc(OCC3CCOC3)cc(F)c12. The highest BCUT2D eigenvalue weighted by Crippen LogP contribution is 2.30. The van der Waals surface area contributed by atoms with Crippen molar-refractivity contribution in [1.29, 1.82) is 0 Å². The molecule has 5 nitrogen and oxygen atoms in total. The Labute approximate surface area is 175 Å². The molecule has 2 heterocycles. The van der Waals surface area contributed by atoms with Crippen molar-refractivity contribution in [3.63, 3.8) is 0 Å². The van der Waals surface area contributed by atoms with Gasteiger partial charge in [0.1, 0.15) is 22.8 Å². The molecule has 1 aromatic carbocycles. The highest BCUT2D eigenvalue weighted by atomic mass is 32.2. The topological polar surface area (TPSA) is 64.2 Å². The number of fused-ring (bicyclic) bond motifs is 1.